The van der Waals surface area contributed by atoms with Crippen LogP contribution < -0.4 is 5.56 Å². The highest BCUT2D eigenvalue weighted by Gasteiger charge is 2.09. The van der Waals surface area contributed by atoms with Gasteiger partial charge in [0.1, 0.15) is 12.4 Å². The Morgan fingerprint density at radius 2 is 1.88 bits per heavy atom. The normalized spacial score (nSPS) is 10.7. The van der Waals surface area contributed by atoms with Crippen molar-refractivity contribution in [3.05, 3.63) is 76.3 Å². The van der Waals surface area contributed by atoms with Crippen LogP contribution in [0.25, 0.3) is 10.9 Å². The van der Waals surface area contributed by atoms with E-state index in [0.29, 0.717) is 10.5 Å². The van der Waals surface area contributed by atoms with E-state index in [1.54, 1.807) is 30.3 Å². The number of aromatic amines is 1. The van der Waals surface area contributed by atoms with Crippen LogP contribution in [-0.4, -0.2) is 16.7 Å². The zero-order chi connectivity index (χ0) is 16.9. The summed E-state index contributed by atoms with van der Waals surface area (Å²) in [6, 6.07) is 15.3. The maximum atomic E-state index is 13.5. The number of para-hydroxylation sites is 1. The van der Waals surface area contributed by atoms with Crippen LogP contribution in [0.4, 0.5) is 4.39 Å². The van der Waals surface area contributed by atoms with Gasteiger partial charge >= 0.3 is 5.97 Å². The summed E-state index contributed by atoms with van der Waals surface area (Å²) in [4.78, 5) is 26.9. The fraction of sp³-hybridized carbons (Fsp3) is 0.111. The number of carbonyl (C=O) groups is 1. The first-order valence-electron chi connectivity index (χ1n) is 7.27. The van der Waals surface area contributed by atoms with Crippen molar-refractivity contribution in [1.29, 1.82) is 0 Å². The van der Waals surface area contributed by atoms with Gasteiger partial charge < -0.3 is 9.72 Å². The molecule has 3 rings (SSSR count). The number of carbonyl (C=O) groups excluding carboxylic acids is 1. The van der Waals surface area contributed by atoms with Gasteiger partial charge in [0.05, 0.1) is 11.3 Å². The van der Waals surface area contributed by atoms with E-state index >= 15 is 0 Å². The van der Waals surface area contributed by atoms with Gasteiger partial charge in [0.15, 0.2) is 0 Å². The molecule has 0 bridgehead atoms. The van der Waals surface area contributed by atoms with Crippen molar-refractivity contribution in [2.45, 2.75) is 11.5 Å². The van der Waals surface area contributed by atoms with Crippen molar-refractivity contribution in [1.82, 2.24) is 4.98 Å². The van der Waals surface area contributed by atoms with Gasteiger partial charge in [-0.1, -0.05) is 30.3 Å². The van der Waals surface area contributed by atoms with Gasteiger partial charge in [0.25, 0.3) is 5.56 Å². The highest BCUT2D eigenvalue weighted by molar-refractivity contribution is 8.00. The summed E-state index contributed by atoms with van der Waals surface area (Å²) in [7, 11) is 0. The molecule has 0 amide bonds. The minimum absolute atomic E-state index is 0.0214. The van der Waals surface area contributed by atoms with Crippen molar-refractivity contribution >= 4 is 28.6 Å². The Labute approximate surface area is 141 Å². The summed E-state index contributed by atoms with van der Waals surface area (Å²) in [6.45, 7) is -0.114. The lowest BCUT2D eigenvalue weighted by molar-refractivity contribution is -0.141. The predicted octanol–water partition coefficient (Wildman–Crippen LogP) is 3.50. The summed E-state index contributed by atoms with van der Waals surface area (Å²) in [5.41, 5.74) is 0.814. The summed E-state index contributed by atoms with van der Waals surface area (Å²) >= 11 is 1.06. The van der Waals surface area contributed by atoms with Crippen molar-refractivity contribution < 1.29 is 13.9 Å². The minimum Gasteiger partial charge on any atom is -0.460 e. The third kappa shape index (κ3) is 3.83. The number of rotatable bonds is 5. The van der Waals surface area contributed by atoms with E-state index in [2.05, 4.69) is 4.98 Å². The van der Waals surface area contributed by atoms with E-state index in [4.69, 9.17) is 4.74 Å². The van der Waals surface area contributed by atoms with Gasteiger partial charge in [-0.2, -0.15) is 0 Å². The van der Waals surface area contributed by atoms with Crippen LogP contribution >= 0.6 is 11.8 Å². The van der Waals surface area contributed by atoms with Crippen LogP contribution in [0, 0.1) is 5.82 Å². The molecule has 0 aliphatic carbocycles. The van der Waals surface area contributed by atoms with E-state index in [1.807, 2.05) is 18.2 Å². The van der Waals surface area contributed by atoms with Gasteiger partial charge in [0, 0.05) is 10.4 Å². The van der Waals surface area contributed by atoms with Crippen molar-refractivity contribution in [2.24, 2.45) is 0 Å². The summed E-state index contributed by atoms with van der Waals surface area (Å²) in [5.74, 6) is -0.899. The average molecular weight is 343 g/mol. The van der Waals surface area contributed by atoms with Crippen molar-refractivity contribution in [2.75, 3.05) is 5.75 Å². The monoisotopic (exact) mass is 343 g/mol. The van der Waals surface area contributed by atoms with Crippen LogP contribution in [0.3, 0.4) is 0 Å². The largest absolute Gasteiger partial charge is 0.460 e. The number of hydrogen-bond acceptors (Lipinski definition) is 4. The predicted molar refractivity (Wildman–Crippen MR) is 91.5 cm³/mol. The molecule has 0 spiro atoms. The van der Waals surface area contributed by atoms with E-state index in [0.717, 1.165) is 22.7 Å². The molecule has 0 fully saturated rings. The zero-order valence-corrected chi connectivity index (χ0v) is 13.4. The molecule has 4 nitrogen and oxygen atoms in total. The van der Waals surface area contributed by atoms with Crippen LogP contribution in [-0.2, 0) is 16.1 Å². The third-order valence-electron chi connectivity index (χ3n) is 3.40. The fourth-order valence-electron chi connectivity index (χ4n) is 2.20. The highest BCUT2D eigenvalue weighted by atomic mass is 32.2. The number of benzene rings is 2. The van der Waals surface area contributed by atoms with Crippen LogP contribution in [0.1, 0.15) is 5.56 Å². The highest BCUT2D eigenvalue weighted by Crippen LogP contribution is 2.21. The van der Waals surface area contributed by atoms with E-state index < -0.39 is 5.97 Å². The lowest BCUT2D eigenvalue weighted by Gasteiger charge is -2.06. The zero-order valence-electron chi connectivity index (χ0n) is 12.6. The lowest BCUT2D eigenvalue weighted by Crippen LogP contribution is -2.16. The van der Waals surface area contributed by atoms with Crippen molar-refractivity contribution in [3.8, 4) is 0 Å². The molecule has 1 heterocycles. The number of thioether (sulfide) groups is 1. The Hall–Kier alpha value is -2.60. The standard InChI is InChI=1S/C18H14FNO3S/c19-14-6-2-4-8-16(14)24-11-17(21)23-10-13-9-12-5-1-3-7-15(12)20-18(13)22/h1-9H,10-11H2,(H,20,22). The Morgan fingerprint density at radius 1 is 1.12 bits per heavy atom. The second-order valence-corrected chi connectivity index (χ2v) is 6.11. The van der Waals surface area contributed by atoms with E-state index in [9.17, 15) is 14.0 Å². The molecule has 0 saturated heterocycles. The summed E-state index contributed by atoms with van der Waals surface area (Å²) in [5, 5.41) is 0.865. The molecule has 0 aliphatic rings. The maximum Gasteiger partial charge on any atom is 0.316 e. The molecule has 0 radical (unpaired) electrons. The third-order valence-corrected chi connectivity index (χ3v) is 4.42. The SMILES string of the molecule is O=C(CSc1ccccc1F)OCc1cc2ccccc2[nH]c1=O. The van der Waals surface area contributed by atoms with Gasteiger partial charge in [-0.25, -0.2) is 4.39 Å². The molecule has 6 heteroatoms. The molecule has 0 unspecified atom stereocenters. The lowest BCUT2D eigenvalue weighted by atomic mass is 10.2. The Bertz CT molecular complexity index is 939. The Balaban J connectivity index is 1.61. The molecule has 2 aromatic carbocycles. The number of H-pyrrole nitrogens is 1. The molecule has 1 aromatic heterocycles. The van der Waals surface area contributed by atoms with Crippen molar-refractivity contribution in [3.63, 3.8) is 0 Å². The molecule has 0 aliphatic heterocycles. The number of pyridine rings is 1. The van der Waals surface area contributed by atoms with E-state index in [1.165, 1.54) is 6.07 Å². The minimum atomic E-state index is -0.504. The molecule has 3 aromatic rings. The van der Waals surface area contributed by atoms with Gasteiger partial charge in [-0.3, -0.25) is 9.59 Å². The number of aromatic nitrogens is 1. The van der Waals surface area contributed by atoms with Gasteiger partial charge in [-0.15, -0.1) is 11.8 Å². The summed E-state index contributed by atoms with van der Waals surface area (Å²) < 4.78 is 18.6. The smallest absolute Gasteiger partial charge is 0.316 e. The molecule has 0 atom stereocenters. The maximum absolute atomic E-state index is 13.5. The molecule has 24 heavy (non-hydrogen) atoms. The van der Waals surface area contributed by atoms with Gasteiger partial charge in [0.2, 0.25) is 0 Å². The topological polar surface area (TPSA) is 59.2 Å². The van der Waals surface area contributed by atoms with Crippen LogP contribution in [0.15, 0.2) is 64.3 Å². The Kier molecular flexibility index (Phi) is 4.96. The molecule has 1 N–H and O–H groups in total. The molecular weight excluding hydrogens is 329 g/mol. The second kappa shape index (κ2) is 7.31. The van der Waals surface area contributed by atoms with Crippen LogP contribution in [0.2, 0.25) is 0 Å². The number of fused-ring (bicyclic) bond motifs is 1. The first kappa shape index (κ1) is 16.3. The second-order valence-electron chi connectivity index (χ2n) is 5.09. The van der Waals surface area contributed by atoms with Gasteiger partial charge in [-0.05, 0) is 29.7 Å². The molecule has 122 valence electrons. The molecular formula is C18H14FNO3S. The number of hydrogen-bond donors (Lipinski definition) is 1. The first-order valence-corrected chi connectivity index (χ1v) is 8.26. The number of halogens is 1. The average Bonchev–Trinajstić information content (AvgIpc) is 2.59. The quantitative estimate of drug-likeness (QED) is 0.569. The number of ether oxygens (including phenoxy) is 1. The van der Waals surface area contributed by atoms with E-state index in [-0.39, 0.29) is 23.7 Å². The number of esters is 1. The fourth-order valence-corrected chi connectivity index (χ4v) is 2.94. The van der Waals surface area contributed by atoms with Crippen LogP contribution in [0.5, 0.6) is 0 Å². The Morgan fingerprint density at radius 3 is 2.71 bits per heavy atom. The summed E-state index contributed by atoms with van der Waals surface area (Å²) in [6.07, 6.45) is 0. The number of nitrogens with one attached hydrogen (secondary N) is 1. The molecule has 0 saturated carbocycles. The first-order chi connectivity index (χ1) is 11.6.